The van der Waals surface area contributed by atoms with Crippen LogP contribution in [0.25, 0.3) is 0 Å². The molecule has 0 rings (SSSR count). The molecule has 0 bridgehead atoms. The Hall–Kier alpha value is -1.46. The van der Waals surface area contributed by atoms with Gasteiger partial charge in [-0.2, -0.15) is 0 Å². The maximum Gasteiger partial charge on any atom is 0.350 e. The molecular weight excluding hydrogens is 226 g/mol. The SMILES string of the molecule is CCOC(=O)C(N=O)(C(=O)OCC)C(C)(C)C. The Morgan fingerprint density at radius 3 is 1.53 bits per heavy atom. The van der Waals surface area contributed by atoms with Gasteiger partial charge < -0.3 is 9.47 Å². The highest BCUT2D eigenvalue weighted by Crippen LogP contribution is 2.36. The van der Waals surface area contributed by atoms with Gasteiger partial charge in [0, 0.05) is 5.41 Å². The van der Waals surface area contributed by atoms with Crippen molar-refractivity contribution in [3.63, 3.8) is 0 Å². The average Bonchev–Trinajstić information content (AvgIpc) is 2.18. The number of ether oxygens (including phenoxy) is 2. The number of hydrogen-bond acceptors (Lipinski definition) is 6. The van der Waals surface area contributed by atoms with Crippen LogP contribution in [-0.4, -0.2) is 30.7 Å². The third-order valence-corrected chi connectivity index (χ3v) is 2.36. The minimum absolute atomic E-state index is 0.0611. The van der Waals surface area contributed by atoms with Crippen molar-refractivity contribution in [3.05, 3.63) is 4.91 Å². The average molecular weight is 245 g/mol. The molecular formula is C11H19NO5. The maximum absolute atomic E-state index is 11.8. The fourth-order valence-electron chi connectivity index (χ4n) is 1.38. The number of carbonyl (C=O) groups excluding carboxylic acids is 2. The van der Waals surface area contributed by atoms with Gasteiger partial charge in [0.2, 0.25) is 0 Å². The van der Waals surface area contributed by atoms with Crippen LogP contribution < -0.4 is 0 Å². The van der Waals surface area contributed by atoms with Gasteiger partial charge in [-0.1, -0.05) is 20.8 Å². The normalized spacial score (nSPS) is 11.8. The first-order valence-electron chi connectivity index (χ1n) is 5.46. The lowest BCUT2D eigenvalue weighted by Crippen LogP contribution is -2.56. The molecule has 0 spiro atoms. The molecule has 0 N–H and O–H groups in total. The third-order valence-electron chi connectivity index (χ3n) is 2.36. The van der Waals surface area contributed by atoms with Crippen molar-refractivity contribution in [2.45, 2.75) is 40.2 Å². The Balaban J connectivity index is 5.54. The molecule has 0 radical (unpaired) electrons. The molecule has 0 fully saturated rings. The largest absolute Gasteiger partial charge is 0.464 e. The zero-order valence-corrected chi connectivity index (χ0v) is 10.9. The molecule has 0 aromatic rings. The lowest BCUT2D eigenvalue weighted by Gasteiger charge is -2.33. The van der Waals surface area contributed by atoms with E-state index in [2.05, 4.69) is 5.18 Å². The van der Waals surface area contributed by atoms with Crippen molar-refractivity contribution in [2.24, 2.45) is 10.6 Å². The molecule has 0 atom stereocenters. The summed E-state index contributed by atoms with van der Waals surface area (Å²) in [6.45, 7) is 7.96. The van der Waals surface area contributed by atoms with E-state index in [1.165, 1.54) is 0 Å². The first-order valence-corrected chi connectivity index (χ1v) is 5.46. The lowest BCUT2D eigenvalue weighted by molar-refractivity contribution is -0.169. The summed E-state index contributed by atoms with van der Waals surface area (Å²) in [5.41, 5.74) is -3.17. The summed E-state index contributed by atoms with van der Waals surface area (Å²) in [5.74, 6) is -1.94. The number of esters is 2. The molecule has 0 aliphatic rings. The Kier molecular flexibility index (Phi) is 5.25. The van der Waals surface area contributed by atoms with Crippen LogP contribution >= 0.6 is 0 Å². The van der Waals surface area contributed by atoms with Crippen LogP contribution in [0.4, 0.5) is 0 Å². The van der Waals surface area contributed by atoms with E-state index in [1.807, 2.05) is 0 Å². The predicted molar refractivity (Wildman–Crippen MR) is 61.2 cm³/mol. The minimum atomic E-state index is -2.15. The van der Waals surface area contributed by atoms with Crippen LogP contribution in [0, 0.1) is 10.3 Å². The second-order valence-electron chi connectivity index (χ2n) is 4.49. The highest BCUT2D eigenvalue weighted by atomic mass is 16.6. The third kappa shape index (κ3) is 2.81. The molecule has 0 aromatic heterocycles. The zero-order valence-electron chi connectivity index (χ0n) is 10.9. The summed E-state index contributed by atoms with van der Waals surface area (Å²) in [5, 5.41) is 2.73. The van der Waals surface area contributed by atoms with Gasteiger partial charge >= 0.3 is 11.9 Å². The molecule has 0 saturated heterocycles. The molecule has 0 amide bonds. The van der Waals surface area contributed by atoms with Gasteiger partial charge in [-0.3, -0.25) is 0 Å². The van der Waals surface area contributed by atoms with Crippen LogP contribution in [0.15, 0.2) is 5.18 Å². The summed E-state index contributed by atoms with van der Waals surface area (Å²) in [6, 6.07) is 0. The van der Waals surface area contributed by atoms with Gasteiger partial charge in [-0.05, 0) is 19.0 Å². The van der Waals surface area contributed by atoms with Crippen LogP contribution in [0.3, 0.4) is 0 Å². The summed E-state index contributed by atoms with van der Waals surface area (Å²) in [7, 11) is 0. The van der Waals surface area contributed by atoms with Gasteiger partial charge in [0.25, 0.3) is 5.54 Å². The smallest absolute Gasteiger partial charge is 0.350 e. The number of hydrogen-bond donors (Lipinski definition) is 0. The molecule has 98 valence electrons. The van der Waals surface area contributed by atoms with E-state index in [-0.39, 0.29) is 13.2 Å². The molecule has 0 saturated carbocycles. The van der Waals surface area contributed by atoms with E-state index in [9.17, 15) is 14.5 Å². The van der Waals surface area contributed by atoms with Crippen molar-refractivity contribution in [1.82, 2.24) is 0 Å². The van der Waals surface area contributed by atoms with Gasteiger partial charge in [0.05, 0.1) is 13.2 Å². The number of nitroso groups, excluding NO2 is 1. The van der Waals surface area contributed by atoms with Crippen LogP contribution in [-0.2, 0) is 19.1 Å². The Labute approximate surface area is 101 Å². The van der Waals surface area contributed by atoms with Crippen molar-refractivity contribution in [2.75, 3.05) is 13.2 Å². The van der Waals surface area contributed by atoms with E-state index in [0.29, 0.717) is 0 Å². The van der Waals surface area contributed by atoms with E-state index in [0.717, 1.165) is 0 Å². The molecule has 17 heavy (non-hydrogen) atoms. The standard InChI is InChI=1S/C11H19NO5/c1-6-16-8(13)11(12-15,10(3,4)5)9(14)17-7-2/h6-7H2,1-5H3. The molecule has 6 nitrogen and oxygen atoms in total. The van der Waals surface area contributed by atoms with Crippen LogP contribution in [0.1, 0.15) is 34.6 Å². The molecule has 0 aliphatic heterocycles. The van der Waals surface area contributed by atoms with Gasteiger partial charge in [0.15, 0.2) is 0 Å². The molecule has 0 heterocycles. The number of carbonyl (C=O) groups is 2. The number of nitrogens with zero attached hydrogens (tertiary/aromatic N) is 1. The zero-order chi connectivity index (χ0) is 13.7. The second-order valence-corrected chi connectivity index (χ2v) is 4.49. The van der Waals surface area contributed by atoms with Crippen molar-refractivity contribution in [1.29, 1.82) is 0 Å². The summed E-state index contributed by atoms with van der Waals surface area (Å²) < 4.78 is 9.52. The fraction of sp³-hybridized carbons (Fsp3) is 0.818. The van der Waals surface area contributed by atoms with E-state index >= 15 is 0 Å². The molecule has 6 heteroatoms. The van der Waals surface area contributed by atoms with Crippen LogP contribution in [0.2, 0.25) is 0 Å². The number of rotatable bonds is 5. The van der Waals surface area contributed by atoms with Crippen molar-refractivity contribution in [3.8, 4) is 0 Å². The Bertz CT molecular complexity index is 287. The molecule has 0 aliphatic carbocycles. The minimum Gasteiger partial charge on any atom is -0.464 e. The first-order chi connectivity index (χ1) is 7.77. The van der Waals surface area contributed by atoms with Crippen molar-refractivity contribution < 1.29 is 19.1 Å². The van der Waals surface area contributed by atoms with E-state index in [4.69, 9.17) is 9.47 Å². The molecule has 0 unspecified atom stereocenters. The fourth-order valence-corrected chi connectivity index (χ4v) is 1.38. The highest BCUT2D eigenvalue weighted by molar-refractivity contribution is 6.06. The molecule has 0 aromatic carbocycles. The van der Waals surface area contributed by atoms with E-state index in [1.54, 1.807) is 34.6 Å². The van der Waals surface area contributed by atoms with Crippen molar-refractivity contribution >= 4 is 11.9 Å². The highest BCUT2D eigenvalue weighted by Gasteiger charge is 2.60. The quantitative estimate of drug-likeness (QED) is 0.418. The Morgan fingerprint density at radius 2 is 1.35 bits per heavy atom. The maximum atomic E-state index is 11.8. The van der Waals surface area contributed by atoms with Gasteiger partial charge in [-0.15, -0.1) is 4.91 Å². The summed E-state index contributed by atoms with van der Waals surface area (Å²) >= 11 is 0. The first kappa shape index (κ1) is 15.5. The van der Waals surface area contributed by atoms with E-state index < -0.39 is 22.9 Å². The monoisotopic (exact) mass is 245 g/mol. The van der Waals surface area contributed by atoms with Gasteiger partial charge in [0.1, 0.15) is 0 Å². The lowest BCUT2D eigenvalue weighted by atomic mass is 9.74. The Morgan fingerprint density at radius 1 is 1.00 bits per heavy atom. The second kappa shape index (κ2) is 5.75. The van der Waals surface area contributed by atoms with Gasteiger partial charge in [-0.25, -0.2) is 9.59 Å². The predicted octanol–water partition coefficient (Wildman–Crippen LogP) is 1.66. The topological polar surface area (TPSA) is 82.0 Å². The summed E-state index contributed by atoms with van der Waals surface area (Å²) in [6.07, 6.45) is 0. The summed E-state index contributed by atoms with van der Waals surface area (Å²) in [4.78, 5) is 34.7. The van der Waals surface area contributed by atoms with Crippen LogP contribution in [0.5, 0.6) is 0 Å².